The third-order valence-electron chi connectivity index (χ3n) is 10.0. The Kier molecular flexibility index (Phi) is 6.55. The van der Waals surface area contributed by atoms with Gasteiger partial charge in [-0.25, -0.2) is 8.42 Å². The van der Waals surface area contributed by atoms with Crippen molar-refractivity contribution in [1.29, 1.82) is 0 Å². The molecule has 0 aromatic heterocycles. The molecule has 2 aliphatic heterocycles. The summed E-state index contributed by atoms with van der Waals surface area (Å²) in [5, 5.41) is 6.41. The monoisotopic (exact) mass is 636 g/mol. The average molecular weight is 637 g/mol. The second kappa shape index (κ2) is 9.46. The van der Waals surface area contributed by atoms with E-state index in [2.05, 4.69) is 15.6 Å². The number of amides is 1. The first-order valence-electron chi connectivity index (χ1n) is 14.3. The van der Waals surface area contributed by atoms with Gasteiger partial charge in [-0.05, 0) is 82.3 Å². The molecule has 3 aliphatic rings. The van der Waals surface area contributed by atoms with Gasteiger partial charge in [0.1, 0.15) is 15.0 Å². The van der Waals surface area contributed by atoms with E-state index in [4.69, 9.17) is 0 Å². The lowest BCUT2D eigenvalue weighted by Gasteiger charge is -2.30. The lowest BCUT2D eigenvalue weighted by molar-refractivity contribution is 0.0963. The molecule has 3 aromatic carbocycles. The zero-order valence-electron chi connectivity index (χ0n) is 25.5. The maximum Gasteiger partial charge on any atom is 0.296 e. The molecule has 12 heteroatoms. The van der Waals surface area contributed by atoms with Crippen LogP contribution in [0.3, 0.4) is 0 Å². The van der Waals surface area contributed by atoms with Crippen molar-refractivity contribution in [3.63, 3.8) is 0 Å². The summed E-state index contributed by atoms with van der Waals surface area (Å²) in [5.41, 5.74) is 2.61. The first kappa shape index (κ1) is 30.4. The Hall–Kier alpha value is -3.58. The summed E-state index contributed by atoms with van der Waals surface area (Å²) in [5.74, 6) is -0.297. The summed E-state index contributed by atoms with van der Waals surface area (Å²) in [4.78, 5) is 16.2. The van der Waals surface area contributed by atoms with E-state index in [9.17, 15) is 30.7 Å². The SMILES string of the molecule is CNC(=O)c1ccc(C2=c3cc4c(c(S(=O)(=O)O)c3Cc3c2cc2c(c3S(=O)(=O)[O-])NC(C)C2(C)C)=NC(C)C4(C)C)cc1. The Bertz CT molecular complexity index is 2150. The highest BCUT2D eigenvalue weighted by atomic mass is 32.2. The molecule has 0 bridgehead atoms. The third kappa shape index (κ3) is 4.26. The van der Waals surface area contributed by atoms with Gasteiger partial charge in [0.05, 0.1) is 22.0 Å². The van der Waals surface area contributed by atoms with Crippen molar-refractivity contribution in [2.45, 2.75) is 80.7 Å². The third-order valence-corrected chi connectivity index (χ3v) is 11.9. The predicted octanol–water partition coefficient (Wildman–Crippen LogP) is 2.74. The second-order valence-electron chi connectivity index (χ2n) is 13.0. The molecule has 0 radical (unpaired) electrons. The molecule has 2 heterocycles. The molecule has 0 saturated heterocycles. The first-order valence-corrected chi connectivity index (χ1v) is 17.2. The number of carbonyl (C=O) groups excluding carboxylic acids is 1. The molecule has 44 heavy (non-hydrogen) atoms. The quantitative estimate of drug-likeness (QED) is 0.288. The summed E-state index contributed by atoms with van der Waals surface area (Å²) in [6.07, 6.45) is -0.238. The Morgan fingerprint density at radius 2 is 1.61 bits per heavy atom. The minimum Gasteiger partial charge on any atom is -0.744 e. The van der Waals surface area contributed by atoms with Gasteiger partial charge in [-0.15, -0.1) is 0 Å². The Balaban J connectivity index is 1.86. The van der Waals surface area contributed by atoms with Gasteiger partial charge < -0.3 is 15.2 Å². The normalized spacial score (nSPS) is 21.0. The second-order valence-corrected chi connectivity index (χ2v) is 15.7. The van der Waals surface area contributed by atoms with Crippen molar-refractivity contribution in [2.75, 3.05) is 12.4 Å². The molecule has 2 unspecified atom stereocenters. The fourth-order valence-corrected chi connectivity index (χ4v) is 8.59. The molecule has 1 aliphatic carbocycles. The standard InChI is InChI=1S/C32H35N3O7S2/c1-15-31(3,4)23-13-19-21(28(26(23)34-15)43(37,38)39)12-22-20(25(19)17-8-10-18(11-9-17)30(36)33-7)14-24-27(29(22)44(40,41)42)35-16(2)32(24,5)6/h8-11,13-16,34H,12H2,1-7H3,(H,33,36)(H,37,38,39)(H,40,41,42)/p-1. The van der Waals surface area contributed by atoms with Gasteiger partial charge in [0, 0.05) is 35.9 Å². The molecule has 0 spiro atoms. The highest BCUT2D eigenvalue weighted by molar-refractivity contribution is 7.86. The largest absolute Gasteiger partial charge is 0.744 e. The number of carbonyl (C=O) groups is 1. The molecule has 1 amide bonds. The van der Waals surface area contributed by atoms with Gasteiger partial charge in [0.25, 0.3) is 16.0 Å². The molecule has 10 nitrogen and oxygen atoms in total. The van der Waals surface area contributed by atoms with Gasteiger partial charge in [-0.1, -0.05) is 39.8 Å². The number of hydrogen-bond donors (Lipinski definition) is 3. The van der Waals surface area contributed by atoms with E-state index in [-0.39, 0.29) is 51.5 Å². The topological polar surface area (TPSA) is 165 Å². The first-order chi connectivity index (χ1) is 20.3. The van der Waals surface area contributed by atoms with Crippen LogP contribution in [-0.4, -0.2) is 51.0 Å². The van der Waals surface area contributed by atoms with Crippen LogP contribution in [0.25, 0.3) is 5.57 Å². The van der Waals surface area contributed by atoms with Crippen LogP contribution >= 0.6 is 0 Å². The highest BCUT2D eigenvalue weighted by Crippen LogP contribution is 2.49. The maximum absolute atomic E-state index is 13.1. The van der Waals surface area contributed by atoms with Crippen molar-refractivity contribution in [3.8, 4) is 0 Å². The number of fused-ring (bicyclic) bond motifs is 4. The summed E-state index contributed by atoms with van der Waals surface area (Å²) in [6, 6.07) is 9.91. The van der Waals surface area contributed by atoms with Gasteiger partial charge in [-0.2, -0.15) is 8.42 Å². The summed E-state index contributed by atoms with van der Waals surface area (Å²) < 4.78 is 76.1. The van der Waals surface area contributed by atoms with Crippen LogP contribution in [0, 0.1) is 0 Å². The summed E-state index contributed by atoms with van der Waals surface area (Å²) in [6.45, 7) is 11.6. The zero-order chi connectivity index (χ0) is 32.3. The maximum atomic E-state index is 13.1. The van der Waals surface area contributed by atoms with E-state index >= 15 is 0 Å². The Labute approximate surface area is 256 Å². The molecular formula is C32H34N3O7S2-. The molecule has 232 valence electrons. The number of benzene rings is 3. The molecule has 6 rings (SSSR count). The fourth-order valence-electron chi connectivity index (χ4n) is 6.78. The fraction of sp³-hybridized carbons (Fsp3) is 0.375. The van der Waals surface area contributed by atoms with Crippen LogP contribution in [0.2, 0.25) is 0 Å². The highest BCUT2D eigenvalue weighted by Gasteiger charge is 2.43. The lowest BCUT2D eigenvalue weighted by atomic mass is 9.75. The van der Waals surface area contributed by atoms with Crippen molar-refractivity contribution in [1.82, 2.24) is 5.32 Å². The zero-order valence-corrected chi connectivity index (χ0v) is 27.1. The molecule has 3 N–H and O–H groups in total. The number of anilines is 1. The van der Waals surface area contributed by atoms with Crippen molar-refractivity contribution in [2.24, 2.45) is 4.99 Å². The van der Waals surface area contributed by atoms with E-state index in [1.54, 1.807) is 24.3 Å². The average Bonchev–Trinajstić information content (AvgIpc) is 3.28. The number of nitrogens with one attached hydrogen (secondary N) is 2. The van der Waals surface area contributed by atoms with Crippen molar-refractivity contribution < 1.29 is 30.7 Å². The number of rotatable bonds is 4. The van der Waals surface area contributed by atoms with Gasteiger partial charge in [0.2, 0.25) is 0 Å². The van der Waals surface area contributed by atoms with E-state index in [1.165, 1.54) is 7.05 Å². The minimum atomic E-state index is -5.07. The molecular weight excluding hydrogens is 603 g/mol. The molecule has 0 fully saturated rings. The summed E-state index contributed by atoms with van der Waals surface area (Å²) >= 11 is 0. The van der Waals surface area contributed by atoms with Crippen LogP contribution in [-0.2, 0) is 37.5 Å². The van der Waals surface area contributed by atoms with Gasteiger partial charge in [0.15, 0.2) is 0 Å². The van der Waals surface area contributed by atoms with Gasteiger partial charge in [-0.3, -0.25) is 14.3 Å². The number of nitrogens with zero attached hydrogens (tertiary/aromatic N) is 1. The van der Waals surface area contributed by atoms with Crippen LogP contribution in [0.15, 0.2) is 51.2 Å². The van der Waals surface area contributed by atoms with Crippen molar-refractivity contribution in [3.05, 3.63) is 85.9 Å². The Morgan fingerprint density at radius 1 is 0.977 bits per heavy atom. The van der Waals surface area contributed by atoms with Crippen LogP contribution in [0.5, 0.6) is 0 Å². The summed E-state index contributed by atoms with van der Waals surface area (Å²) in [7, 11) is -8.42. The lowest BCUT2D eigenvalue weighted by Crippen LogP contribution is -2.35. The minimum absolute atomic E-state index is 0.141. The van der Waals surface area contributed by atoms with E-state index in [0.29, 0.717) is 38.6 Å². The van der Waals surface area contributed by atoms with E-state index in [0.717, 1.165) is 0 Å². The van der Waals surface area contributed by atoms with Crippen LogP contribution in [0.4, 0.5) is 5.69 Å². The Morgan fingerprint density at radius 3 is 2.18 bits per heavy atom. The van der Waals surface area contributed by atoms with Crippen LogP contribution < -0.4 is 21.2 Å². The smallest absolute Gasteiger partial charge is 0.296 e. The van der Waals surface area contributed by atoms with E-state index in [1.807, 2.05) is 53.7 Å². The molecule has 2 atom stereocenters. The predicted molar refractivity (Wildman–Crippen MR) is 164 cm³/mol. The van der Waals surface area contributed by atoms with E-state index < -0.39 is 36.0 Å². The molecule has 0 saturated carbocycles. The van der Waals surface area contributed by atoms with Crippen molar-refractivity contribution >= 4 is 37.4 Å². The van der Waals surface area contributed by atoms with Crippen LogP contribution in [0.1, 0.15) is 85.3 Å². The molecule has 3 aromatic rings. The number of hydrogen-bond acceptors (Lipinski definition) is 8. The van der Waals surface area contributed by atoms with Gasteiger partial charge >= 0.3 is 0 Å².